The highest BCUT2D eigenvalue weighted by molar-refractivity contribution is 5.90. The average molecular weight is 373 g/mol. The summed E-state index contributed by atoms with van der Waals surface area (Å²) < 4.78 is 5.63. The first-order valence-electron chi connectivity index (χ1n) is 8.91. The van der Waals surface area contributed by atoms with Crippen LogP contribution in [0.15, 0.2) is 42.6 Å². The molecular weight excluding hydrogens is 354 g/mol. The number of hydrogen-bond donors (Lipinski definition) is 3. The van der Waals surface area contributed by atoms with E-state index in [4.69, 9.17) is 10.00 Å². The zero-order chi connectivity index (χ0) is 19.8. The number of aromatic amines is 2. The van der Waals surface area contributed by atoms with E-state index in [9.17, 15) is 9.90 Å². The minimum Gasteiger partial charge on any atom is -0.496 e. The van der Waals surface area contributed by atoms with Gasteiger partial charge in [-0.15, -0.1) is 0 Å². The summed E-state index contributed by atoms with van der Waals surface area (Å²) >= 11 is 0. The van der Waals surface area contributed by atoms with Crippen LogP contribution >= 0.6 is 0 Å². The molecule has 0 amide bonds. The summed E-state index contributed by atoms with van der Waals surface area (Å²) in [5.74, 6) is -0.663. The van der Waals surface area contributed by atoms with Gasteiger partial charge in [0.15, 0.2) is 0 Å². The molecule has 6 nitrogen and oxygen atoms in total. The van der Waals surface area contributed by atoms with Crippen molar-refractivity contribution in [2.75, 3.05) is 7.11 Å². The van der Waals surface area contributed by atoms with E-state index < -0.39 is 11.9 Å². The van der Waals surface area contributed by atoms with E-state index in [-0.39, 0.29) is 6.42 Å². The molecule has 2 aromatic carbocycles. The second-order valence-corrected chi connectivity index (χ2v) is 6.86. The molecule has 4 aromatic rings. The molecule has 0 spiro atoms. The first-order valence-corrected chi connectivity index (χ1v) is 8.91. The molecule has 0 radical (unpaired) electrons. The van der Waals surface area contributed by atoms with Gasteiger partial charge in [0.1, 0.15) is 5.75 Å². The number of aliphatic carboxylic acids is 1. The first-order chi connectivity index (χ1) is 13.5. The largest absolute Gasteiger partial charge is 0.496 e. The van der Waals surface area contributed by atoms with Gasteiger partial charge in [-0.05, 0) is 48.9 Å². The number of fused-ring (bicyclic) bond motifs is 2. The lowest BCUT2D eigenvalue weighted by Gasteiger charge is -2.20. The van der Waals surface area contributed by atoms with Crippen LogP contribution in [-0.2, 0) is 4.79 Å². The van der Waals surface area contributed by atoms with Crippen LogP contribution in [0.25, 0.3) is 21.8 Å². The Balaban J connectivity index is 1.96. The zero-order valence-electron chi connectivity index (χ0n) is 15.5. The molecule has 6 heteroatoms. The van der Waals surface area contributed by atoms with E-state index in [1.807, 2.05) is 37.4 Å². The van der Waals surface area contributed by atoms with Crippen molar-refractivity contribution in [3.8, 4) is 11.8 Å². The number of aromatic nitrogens is 2. The number of carboxylic acid groups (broad SMARTS) is 1. The summed E-state index contributed by atoms with van der Waals surface area (Å²) in [5.41, 5.74) is 5.03. The van der Waals surface area contributed by atoms with Gasteiger partial charge in [-0.2, -0.15) is 5.26 Å². The molecule has 28 heavy (non-hydrogen) atoms. The molecule has 140 valence electrons. The average Bonchev–Trinajstić information content (AvgIpc) is 3.32. The standard InChI is InChI=1S/C22H19N3O3/c1-12-7-19(28-2)21(15-5-6-24-22(12)15)16(10-20(26)27)18-9-14-8-13(11-23)3-4-17(14)25-18/h3-9,16,24-25H,10H2,1-2H3,(H,26,27). The van der Waals surface area contributed by atoms with E-state index in [1.54, 1.807) is 19.2 Å². The van der Waals surface area contributed by atoms with Crippen molar-refractivity contribution < 1.29 is 14.6 Å². The number of nitrogens with zero attached hydrogens (tertiary/aromatic N) is 1. The quantitative estimate of drug-likeness (QED) is 0.481. The van der Waals surface area contributed by atoms with Crippen LogP contribution in [-0.4, -0.2) is 28.2 Å². The van der Waals surface area contributed by atoms with Crippen LogP contribution in [0.2, 0.25) is 0 Å². The molecule has 0 fully saturated rings. The van der Waals surface area contributed by atoms with Crippen molar-refractivity contribution >= 4 is 27.8 Å². The predicted octanol–water partition coefficient (Wildman–Crippen LogP) is 4.44. The normalized spacial score (nSPS) is 12.2. The second-order valence-electron chi connectivity index (χ2n) is 6.86. The Kier molecular flexibility index (Phi) is 4.28. The molecule has 0 aliphatic rings. The summed E-state index contributed by atoms with van der Waals surface area (Å²) in [5, 5.41) is 20.6. The minimum absolute atomic E-state index is 0.0857. The summed E-state index contributed by atoms with van der Waals surface area (Å²) in [6, 6.07) is 13.3. The number of aryl methyl sites for hydroxylation is 1. The fourth-order valence-corrected chi connectivity index (χ4v) is 3.88. The monoisotopic (exact) mass is 373 g/mol. The van der Waals surface area contributed by atoms with Crippen molar-refractivity contribution in [2.45, 2.75) is 19.3 Å². The van der Waals surface area contributed by atoms with Gasteiger partial charge in [-0.25, -0.2) is 0 Å². The Labute approximate surface area is 161 Å². The van der Waals surface area contributed by atoms with Crippen molar-refractivity contribution in [3.05, 3.63) is 65.0 Å². The molecule has 0 saturated carbocycles. The molecule has 1 atom stereocenters. The van der Waals surface area contributed by atoms with Crippen LogP contribution in [0, 0.1) is 18.3 Å². The summed E-state index contributed by atoms with van der Waals surface area (Å²) in [6.45, 7) is 1.99. The van der Waals surface area contributed by atoms with Crippen LogP contribution in [0.5, 0.6) is 5.75 Å². The molecule has 0 aliphatic carbocycles. The molecular formula is C22H19N3O3. The van der Waals surface area contributed by atoms with Crippen molar-refractivity contribution in [1.82, 2.24) is 9.97 Å². The summed E-state index contributed by atoms with van der Waals surface area (Å²) in [4.78, 5) is 18.3. The maximum atomic E-state index is 11.7. The third kappa shape index (κ3) is 2.87. The fraction of sp³-hybridized carbons (Fsp3) is 0.182. The number of carbonyl (C=O) groups is 1. The Hall–Kier alpha value is -3.72. The molecule has 1 unspecified atom stereocenters. The van der Waals surface area contributed by atoms with Crippen LogP contribution in [0.4, 0.5) is 0 Å². The van der Waals surface area contributed by atoms with E-state index in [1.165, 1.54) is 0 Å². The van der Waals surface area contributed by atoms with E-state index in [0.717, 1.165) is 38.6 Å². The lowest BCUT2D eigenvalue weighted by molar-refractivity contribution is -0.137. The zero-order valence-corrected chi connectivity index (χ0v) is 15.5. The molecule has 0 aliphatic heterocycles. The molecule has 2 aromatic heterocycles. The number of methoxy groups -OCH3 is 1. The van der Waals surface area contributed by atoms with Crippen molar-refractivity contribution in [3.63, 3.8) is 0 Å². The molecule has 2 heterocycles. The third-order valence-corrected chi connectivity index (χ3v) is 5.14. The Morgan fingerprint density at radius 3 is 2.82 bits per heavy atom. The number of nitriles is 1. The van der Waals surface area contributed by atoms with Gasteiger partial charge in [0.05, 0.1) is 25.2 Å². The Bertz CT molecular complexity index is 1240. The minimum atomic E-state index is -0.896. The number of rotatable bonds is 5. The number of ether oxygens (including phenoxy) is 1. The number of carboxylic acids is 1. The van der Waals surface area contributed by atoms with E-state index in [2.05, 4.69) is 16.0 Å². The lowest BCUT2D eigenvalue weighted by atomic mass is 9.88. The van der Waals surface area contributed by atoms with Crippen molar-refractivity contribution in [2.24, 2.45) is 0 Å². The first kappa shape index (κ1) is 17.7. The highest BCUT2D eigenvalue weighted by Crippen LogP contribution is 2.41. The highest BCUT2D eigenvalue weighted by Gasteiger charge is 2.26. The van der Waals surface area contributed by atoms with Gasteiger partial charge in [-0.1, -0.05) is 0 Å². The fourth-order valence-electron chi connectivity index (χ4n) is 3.88. The SMILES string of the molecule is COc1cc(C)c2[nH]ccc2c1C(CC(=O)O)c1cc2cc(C#N)ccc2[nH]1. The number of H-pyrrole nitrogens is 2. The molecule has 0 saturated heterocycles. The van der Waals surface area contributed by atoms with Crippen molar-refractivity contribution in [1.29, 1.82) is 5.26 Å². The van der Waals surface area contributed by atoms with Gasteiger partial charge in [-0.3, -0.25) is 4.79 Å². The lowest BCUT2D eigenvalue weighted by Crippen LogP contribution is -2.10. The van der Waals surface area contributed by atoms with Crippen LogP contribution in [0.1, 0.15) is 34.7 Å². The molecule has 3 N–H and O–H groups in total. The summed E-state index contributed by atoms with van der Waals surface area (Å²) in [6.07, 6.45) is 1.76. The van der Waals surface area contributed by atoms with Gasteiger partial charge >= 0.3 is 5.97 Å². The number of hydrogen-bond acceptors (Lipinski definition) is 3. The van der Waals surface area contributed by atoms with Crippen LogP contribution in [0.3, 0.4) is 0 Å². The molecule has 0 bridgehead atoms. The van der Waals surface area contributed by atoms with E-state index >= 15 is 0 Å². The third-order valence-electron chi connectivity index (χ3n) is 5.14. The maximum absolute atomic E-state index is 11.7. The Morgan fingerprint density at radius 2 is 2.11 bits per heavy atom. The van der Waals surface area contributed by atoms with Gasteiger partial charge < -0.3 is 19.8 Å². The van der Waals surface area contributed by atoms with E-state index in [0.29, 0.717) is 11.3 Å². The Morgan fingerprint density at radius 1 is 1.29 bits per heavy atom. The highest BCUT2D eigenvalue weighted by atomic mass is 16.5. The number of nitrogens with one attached hydrogen (secondary N) is 2. The van der Waals surface area contributed by atoms with Gasteiger partial charge in [0.2, 0.25) is 0 Å². The predicted molar refractivity (Wildman–Crippen MR) is 107 cm³/mol. The maximum Gasteiger partial charge on any atom is 0.304 e. The second kappa shape index (κ2) is 6.78. The topological polar surface area (TPSA) is 102 Å². The number of benzene rings is 2. The van der Waals surface area contributed by atoms with Crippen LogP contribution < -0.4 is 4.74 Å². The van der Waals surface area contributed by atoms with Gasteiger partial charge in [0, 0.05) is 45.2 Å². The van der Waals surface area contributed by atoms with Gasteiger partial charge in [0.25, 0.3) is 0 Å². The molecule has 4 rings (SSSR count). The summed E-state index contributed by atoms with van der Waals surface area (Å²) in [7, 11) is 1.60. The smallest absolute Gasteiger partial charge is 0.304 e.